The fourth-order valence-corrected chi connectivity index (χ4v) is 5.18. The van der Waals surface area contributed by atoms with Gasteiger partial charge < -0.3 is 10.2 Å². The van der Waals surface area contributed by atoms with Crippen molar-refractivity contribution in [2.75, 3.05) is 23.7 Å². The normalized spacial score (nSPS) is 12.2. The Labute approximate surface area is 216 Å². The number of nitrogens with one attached hydrogen (secondary N) is 1. The van der Waals surface area contributed by atoms with Gasteiger partial charge in [-0.15, -0.1) is 0 Å². The van der Waals surface area contributed by atoms with Gasteiger partial charge >= 0.3 is 0 Å². The molecule has 0 radical (unpaired) electrons. The number of amides is 2. The summed E-state index contributed by atoms with van der Waals surface area (Å²) in [6.07, 6.45) is 2.97. The van der Waals surface area contributed by atoms with Gasteiger partial charge in [-0.1, -0.05) is 55.8 Å². The summed E-state index contributed by atoms with van der Waals surface area (Å²) in [5, 5.41) is 2.92. The van der Waals surface area contributed by atoms with Gasteiger partial charge in [-0.2, -0.15) is 0 Å². The predicted molar refractivity (Wildman–Crippen MR) is 146 cm³/mol. The molecule has 0 bridgehead atoms. The summed E-state index contributed by atoms with van der Waals surface area (Å²) >= 11 is 0. The summed E-state index contributed by atoms with van der Waals surface area (Å²) in [5.41, 5.74) is 4.60. The molecule has 36 heavy (non-hydrogen) atoms. The van der Waals surface area contributed by atoms with Gasteiger partial charge in [0.2, 0.25) is 21.8 Å². The number of hydrogen-bond acceptors (Lipinski definition) is 4. The van der Waals surface area contributed by atoms with Crippen LogP contribution >= 0.6 is 0 Å². The minimum absolute atomic E-state index is 0.139. The SMILES string of the molecule is CCCNC(=O)C(CC)N(Cc1ccc(C)cc1)C(=O)CCCN(c1cccc(C)c1C)S(C)(=O)=O. The number of benzene rings is 2. The van der Waals surface area contributed by atoms with Crippen LogP contribution in [0.5, 0.6) is 0 Å². The Balaban J connectivity index is 2.23. The van der Waals surface area contributed by atoms with Crippen molar-refractivity contribution < 1.29 is 18.0 Å². The molecule has 2 aromatic carbocycles. The molecule has 2 amide bonds. The zero-order valence-electron chi connectivity index (χ0n) is 22.5. The number of sulfonamides is 1. The van der Waals surface area contributed by atoms with Gasteiger partial charge in [-0.25, -0.2) is 8.42 Å². The molecule has 0 fully saturated rings. The Bertz CT molecular complexity index is 1130. The Morgan fingerprint density at radius 2 is 1.67 bits per heavy atom. The Hall–Kier alpha value is -2.87. The van der Waals surface area contributed by atoms with Crippen molar-refractivity contribution in [2.24, 2.45) is 0 Å². The molecular weight excluding hydrogens is 474 g/mol. The molecule has 0 saturated heterocycles. The zero-order valence-corrected chi connectivity index (χ0v) is 23.3. The van der Waals surface area contributed by atoms with E-state index in [0.717, 1.165) is 28.7 Å². The van der Waals surface area contributed by atoms with E-state index in [2.05, 4.69) is 5.32 Å². The average Bonchev–Trinajstić information content (AvgIpc) is 2.82. The van der Waals surface area contributed by atoms with E-state index in [1.165, 1.54) is 10.6 Å². The van der Waals surface area contributed by atoms with E-state index < -0.39 is 16.1 Å². The van der Waals surface area contributed by atoms with Gasteiger partial charge in [-0.3, -0.25) is 13.9 Å². The summed E-state index contributed by atoms with van der Waals surface area (Å²) in [5.74, 6) is -0.323. The van der Waals surface area contributed by atoms with Crippen LogP contribution in [0.25, 0.3) is 0 Å². The highest BCUT2D eigenvalue weighted by Crippen LogP contribution is 2.25. The number of aryl methyl sites for hydroxylation is 2. The van der Waals surface area contributed by atoms with Crippen molar-refractivity contribution >= 4 is 27.5 Å². The fraction of sp³-hybridized carbons (Fsp3) is 0.500. The topological polar surface area (TPSA) is 86.8 Å². The summed E-state index contributed by atoms with van der Waals surface area (Å²) in [4.78, 5) is 28.0. The van der Waals surface area contributed by atoms with Gasteiger partial charge in [0.15, 0.2) is 0 Å². The average molecular weight is 516 g/mol. The molecule has 1 atom stereocenters. The fourth-order valence-electron chi connectivity index (χ4n) is 4.16. The molecule has 0 aliphatic carbocycles. The molecule has 0 aliphatic heterocycles. The van der Waals surface area contributed by atoms with Gasteiger partial charge in [0, 0.05) is 26.1 Å². The highest BCUT2D eigenvalue weighted by Gasteiger charge is 2.28. The Morgan fingerprint density at radius 3 is 2.25 bits per heavy atom. The van der Waals surface area contributed by atoms with Crippen LogP contribution in [0.15, 0.2) is 42.5 Å². The van der Waals surface area contributed by atoms with Crippen LogP contribution in [0.1, 0.15) is 61.8 Å². The minimum atomic E-state index is -3.53. The maximum Gasteiger partial charge on any atom is 0.242 e. The highest BCUT2D eigenvalue weighted by molar-refractivity contribution is 7.92. The summed E-state index contributed by atoms with van der Waals surface area (Å²) in [6, 6.07) is 12.9. The van der Waals surface area contributed by atoms with E-state index in [1.54, 1.807) is 11.0 Å². The second-order valence-corrected chi connectivity index (χ2v) is 11.3. The van der Waals surface area contributed by atoms with Crippen molar-refractivity contribution in [3.63, 3.8) is 0 Å². The second kappa shape index (κ2) is 13.4. The van der Waals surface area contributed by atoms with Crippen molar-refractivity contribution in [1.82, 2.24) is 10.2 Å². The van der Waals surface area contributed by atoms with Gasteiger partial charge in [0.05, 0.1) is 11.9 Å². The van der Waals surface area contributed by atoms with Crippen LogP contribution in [0, 0.1) is 20.8 Å². The van der Waals surface area contributed by atoms with E-state index in [9.17, 15) is 18.0 Å². The predicted octanol–water partition coefficient (Wildman–Crippen LogP) is 4.49. The van der Waals surface area contributed by atoms with Crippen LogP contribution in [0.4, 0.5) is 5.69 Å². The standard InChI is InChI=1S/C28H41N3O4S/c1-7-18-29-28(33)25(8-2)30(20-24-16-14-21(3)15-17-24)27(32)13-10-19-31(36(6,34)35)26-12-9-11-22(4)23(26)5/h9,11-12,14-17,25H,7-8,10,13,18-20H2,1-6H3,(H,29,33). The first kappa shape index (κ1) is 29.4. The highest BCUT2D eigenvalue weighted by atomic mass is 32.2. The molecule has 198 valence electrons. The molecule has 1 N–H and O–H groups in total. The number of carbonyl (C=O) groups excluding carboxylic acids is 2. The first-order valence-electron chi connectivity index (χ1n) is 12.7. The van der Waals surface area contributed by atoms with Gasteiger partial charge in [-0.05, 0) is 62.8 Å². The first-order chi connectivity index (χ1) is 17.0. The van der Waals surface area contributed by atoms with Crippen LogP contribution < -0.4 is 9.62 Å². The molecule has 0 saturated carbocycles. The van der Waals surface area contributed by atoms with Crippen LogP contribution in [0.2, 0.25) is 0 Å². The van der Waals surface area contributed by atoms with E-state index in [1.807, 2.05) is 71.0 Å². The molecule has 7 nitrogen and oxygen atoms in total. The van der Waals surface area contributed by atoms with E-state index in [4.69, 9.17) is 0 Å². The molecule has 0 aliphatic rings. The third kappa shape index (κ3) is 8.08. The van der Waals surface area contributed by atoms with Crippen LogP contribution in [-0.4, -0.2) is 50.5 Å². The van der Waals surface area contributed by atoms with Crippen LogP contribution in [0.3, 0.4) is 0 Å². The first-order valence-corrected chi connectivity index (χ1v) is 14.5. The third-order valence-corrected chi connectivity index (χ3v) is 7.59. The minimum Gasteiger partial charge on any atom is -0.354 e. The molecule has 0 aromatic heterocycles. The van der Waals surface area contributed by atoms with Crippen LogP contribution in [-0.2, 0) is 26.2 Å². The quantitative estimate of drug-likeness (QED) is 0.426. The number of hydrogen-bond donors (Lipinski definition) is 1. The molecule has 0 heterocycles. The smallest absolute Gasteiger partial charge is 0.242 e. The van der Waals surface area contributed by atoms with Crippen molar-refractivity contribution in [1.29, 1.82) is 0 Å². The van der Waals surface area contributed by atoms with E-state index in [-0.39, 0.29) is 24.8 Å². The number of rotatable bonds is 13. The third-order valence-electron chi connectivity index (χ3n) is 6.41. The maximum absolute atomic E-state index is 13.5. The molecule has 0 spiro atoms. The number of nitrogens with zero attached hydrogens (tertiary/aromatic N) is 2. The van der Waals surface area contributed by atoms with E-state index in [0.29, 0.717) is 31.6 Å². The monoisotopic (exact) mass is 515 g/mol. The molecular formula is C28H41N3O4S. The van der Waals surface area contributed by atoms with Gasteiger partial charge in [0.1, 0.15) is 6.04 Å². The Kier molecular flexibility index (Phi) is 11.0. The lowest BCUT2D eigenvalue weighted by atomic mass is 10.1. The second-order valence-electron chi connectivity index (χ2n) is 9.38. The lowest BCUT2D eigenvalue weighted by Crippen LogP contribution is -2.49. The van der Waals surface area contributed by atoms with Crippen molar-refractivity contribution in [2.45, 2.75) is 72.9 Å². The summed E-state index contributed by atoms with van der Waals surface area (Å²) in [7, 11) is -3.53. The summed E-state index contributed by atoms with van der Waals surface area (Å²) < 4.78 is 26.6. The van der Waals surface area contributed by atoms with Crippen molar-refractivity contribution in [3.05, 3.63) is 64.7 Å². The maximum atomic E-state index is 13.5. The molecule has 2 rings (SSSR count). The number of carbonyl (C=O) groups is 2. The Morgan fingerprint density at radius 1 is 1.00 bits per heavy atom. The lowest BCUT2D eigenvalue weighted by molar-refractivity contribution is -0.141. The summed E-state index contributed by atoms with van der Waals surface area (Å²) in [6.45, 7) is 10.8. The molecule has 2 aromatic rings. The zero-order chi connectivity index (χ0) is 26.9. The molecule has 8 heteroatoms. The van der Waals surface area contributed by atoms with E-state index >= 15 is 0 Å². The van der Waals surface area contributed by atoms with Crippen molar-refractivity contribution in [3.8, 4) is 0 Å². The largest absolute Gasteiger partial charge is 0.354 e. The lowest BCUT2D eigenvalue weighted by Gasteiger charge is -2.31. The van der Waals surface area contributed by atoms with Gasteiger partial charge in [0.25, 0.3) is 0 Å². The molecule has 1 unspecified atom stereocenters. The number of anilines is 1.